The van der Waals surface area contributed by atoms with Gasteiger partial charge in [-0.1, -0.05) is 13.8 Å². The lowest BCUT2D eigenvalue weighted by Gasteiger charge is -2.09. The van der Waals surface area contributed by atoms with Gasteiger partial charge in [-0.2, -0.15) is 0 Å². The lowest BCUT2D eigenvalue weighted by molar-refractivity contribution is -0.305. The Balaban J connectivity index is 3.37. The summed E-state index contributed by atoms with van der Waals surface area (Å²) in [7, 11) is 0. The summed E-state index contributed by atoms with van der Waals surface area (Å²) < 4.78 is 10.2. The van der Waals surface area contributed by atoms with Crippen LogP contribution in [0, 0.1) is 5.92 Å². The molecule has 0 aliphatic carbocycles. The van der Waals surface area contributed by atoms with E-state index in [1.165, 1.54) is 0 Å². The van der Waals surface area contributed by atoms with E-state index < -0.39 is 5.97 Å². The Morgan fingerprint density at radius 1 is 0.870 bits per heavy atom. The zero-order valence-electron chi connectivity index (χ0n) is 14.3. The second-order valence-electron chi connectivity index (χ2n) is 5.69. The van der Waals surface area contributed by atoms with Crippen molar-refractivity contribution in [1.29, 1.82) is 0 Å². The minimum Gasteiger partial charge on any atom is -0.550 e. The molecule has 0 aromatic carbocycles. The van der Waals surface area contributed by atoms with E-state index in [0.29, 0.717) is 45.3 Å². The number of esters is 2. The van der Waals surface area contributed by atoms with E-state index >= 15 is 0 Å². The number of rotatable bonds is 14. The van der Waals surface area contributed by atoms with Crippen LogP contribution in [0.1, 0.15) is 71.6 Å². The number of hydrogen-bond acceptors (Lipinski definition) is 6. The van der Waals surface area contributed by atoms with Crippen molar-refractivity contribution in [2.75, 3.05) is 13.2 Å². The summed E-state index contributed by atoms with van der Waals surface area (Å²) in [5.74, 6) is -1.50. The van der Waals surface area contributed by atoms with Crippen molar-refractivity contribution in [3.05, 3.63) is 0 Å². The molecule has 0 radical (unpaired) electrons. The summed E-state index contributed by atoms with van der Waals surface area (Å²) in [6.45, 7) is 4.52. The Labute approximate surface area is 138 Å². The Hall–Kier alpha value is -1.59. The number of carboxylic acids is 1. The van der Waals surface area contributed by atoms with E-state index in [2.05, 4.69) is 0 Å². The van der Waals surface area contributed by atoms with E-state index in [-0.39, 0.29) is 24.3 Å². The van der Waals surface area contributed by atoms with Crippen LogP contribution in [0.4, 0.5) is 0 Å². The van der Waals surface area contributed by atoms with Crippen LogP contribution in [0.25, 0.3) is 0 Å². The molecule has 0 aromatic rings. The molecule has 1 atom stereocenters. The van der Waals surface area contributed by atoms with Crippen molar-refractivity contribution >= 4 is 17.9 Å². The second-order valence-corrected chi connectivity index (χ2v) is 5.69. The lowest BCUT2D eigenvalue weighted by Crippen LogP contribution is -2.21. The van der Waals surface area contributed by atoms with Crippen LogP contribution < -0.4 is 5.11 Å². The number of ether oxygens (including phenoxy) is 2. The van der Waals surface area contributed by atoms with Crippen LogP contribution in [0.3, 0.4) is 0 Å². The monoisotopic (exact) mass is 329 g/mol. The molecule has 0 bridgehead atoms. The fourth-order valence-corrected chi connectivity index (χ4v) is 1.84. The van der Waals surface area contributed by atoms with Gasteiger partial charge in [0.15, 0.2) is 0 Å². The average molecular weight is 329 g/mol. The van der Waals surface area contributed by atoms with Crippen LogP contribution >= 0.6 is 0 Å². The fraction of sp³-hybridized carbons (Fsp3) is 0.824. The number of carboxylic acid groups (broad SMARTS) is 1. The molecule has 6 heteroatoms. The first-order valence-corrected chi connectivity index (χ1v) is 8.49. The smallest absolute Gasteiger partial charge is 0.308 e. The standard InChI is InChI=1S/C17H30O6/c1-3-14(2)17(21)23-13-9-5-7-11-16(20)22-12-8-4-6-10-15(18)19/h14H,3-13H2,1-2H3,(H,18,19)/p-1. The van der Waals surface area contributed by atoms with E-state index in [1.54, 1.807) is 0 Å². The van der Waals surface area contributed by atoms with Crippen molar-refractivity contribution in [3.63, 3.8) is 0 Å². The van der Waals surface area contributed by atoms with Crippen molar-refractivity contribution in [1.82, 2.24) is 0 Å². The van der Waals surface area contributed by atoms with Gasteiger partial charge < -0.3 is 19.4 Å². The van der Waals surface area contributed by atoms with Gasteiger partial charge in [0, 0.05) is 12.4 Å². The number of carbonyl (C=O) groups excluding carboxylic acids is 3. The molecule has 23 heavy (non-hydrogen) atoms. The molecule has 0 amide bonds. The normalized spacial score (nSPS) is 11.7. The minimum atomic E-state index is -1.04. The third-order valence-electron chi connectivity index (χ3n) is 3.57. The van der Waals surface area contributed by atoms with E-state index in [4.69, 9.17) is 9.47 Å². The molecule has 0 aliphatic rings. The largest absolute Gasteiger partial charge is 0.550 e. The highest BCUT2D eigenvalue weighted by atomic mass is 16.5. The summed E-state index contributed by atoms with van der Waals surface area (Å²) in [6.07, 6.45) is 5.39. The third kappa shape index (κ3) is 13.8. The van der Waals surface area contributed by atoms with Crippen molar-refractivity contribution < 1.29 is 29.0 Å². The van der Waals surface area contributed by atoms with Crippen LogP contribution in [0.2, 0.25) is 0 Å². The minimum absolute atomic E-state index is 0.0511. The van der Waals surface area contributed by atoms with Gasteiger partial charge >= 0.3 is 11.9 Å². The molecule has 0 fully saturated rings. The maximum Gasteiger partial charge on any atom is 0.308 e. The first-order valence-electron chi connectivity index (χ1n) is 8.49. The highest BCUT2D eigenvalue weighted by molar-refractivity contribution is 5.71. The molecular formula is C17H29O6-. The third-order valence-corrected chi connectivity index (χ3v) is 3.57. The summed E-state index contributed by atoms with van der Waals surface area (Å²) in [5, 5.41) is 10.2. The molecule has 1 unspecified atom stereocenters. The van der Waals surface area contributed by atoms with Gasteiger partial charge in [-0.25, -0.2) is 0 Å². The Bertz CT molecular complexity index is 353. The predicted molar refractivity (Wildman–Crippen MR) is 83.3 cm³/mol. The van der Waals surface area contributed by atoms with Crippen molar-refractivity contribution in [3.8, 4) is 0 Å². The average Bonchev–Trinajstić information content (AvgIpc) is 2.52. The molecule has 0 heterocycles. The molecule has 0 saturated heterocycles. The fourth-order valence-electron chi connectivity index (χ4n) is 1.84. The number of hydrogen-bond donors (Lipinski definition) is 0. The summed E-state index contributed by atoms with van der Waals surface area (Å²) >= 11 is 0. The second kappa shape index (κ2) is 14.0. The van der Waals surface area contributed by atoms with Crippen LogP contribution in [-0.2, 0) is 23.9 Å². The predicted octanol–water partition coefficient (Wildman–Crippen LogP) is 1.99. The summed E-state index contributed by atoms with van der Waals surface area (Å²) in [6, 6.07) is 0. The van der Waals surface area contributed by atoms with Gasteiger partial charge in [-0.15, -0.1) is 0 Å². The number of carbonyl (C=O) groups is 3. The Morgan fingerprint density at radius 3 is 2.00 bits per heavy atom. The van der Waals surface area contributed by atoms with Gasteiger partial charge in [0.25, 0.3) is 0 Å². The van der Waals surface area contributed by atoms with E-state index in [1.807, 2.05) is 13.8 Å². The Kier molecular flexibility index (Phi) is 13.1. The molecule has 0 spiro atoms. The van der Waals surface area contributed by atoms with Gasteiger partial charge in [-0.3, -0.25) is 9.59 Å². The molecule has 0 N–H and O–H groups in total. The van der Waals surface area contributed by atoms with Gasteiger partial charge in [0.2, 0.25) is 0 Å². The molecule has 0 aliphatic heterocycles. The zero-order valence-corrected chi connectivity index (χ0v) is 14.3. The number of unbranched alkanes of at least 4 members (excludes halogenated alkanes) is 4. The molecule has 6 nitrogen and oxygen atoms in total. The maximum atomic E-state index is 11.4. The van der Waals surface area contributed by atoms with Crippen molar-refractivity contribution in [2.45, 2.75) is 71.6 Å². The molecule has 134 valence electrons. The first-order chi connectivity index (χ1) is 11.0. The highest BCUT2D eigenvalue weighted by Gasteiger charge is 2.11. The van der Waals surface area contributed by atoms with Crippen LogP contribution in [0.5, 0.6) is 0 Å². The molecule has 0 aromatic heterocycles. The summed E-state index contributed by atoms with van der Waals surface area (Å²) in [4.78, 5) is 33.0. The lowest BCUT2D eigenvalue weighted by atomic mass is 10.1. The summed E-state index contributed by atoms with van der Waals surface area (Å²) in [5.41, 5.74) is 0. The Morgan fingerprint density at radius 2 is 1.43 bits per heavy atom. The molecule has 0 rings (SSSR count). The molecule has 0 saturated carbocycles. The van der Waals surface area contributed by atoms with Gasteiger partial charge in [0.05, 0.1) is 19.1 Å². The molecular weight excluding hydrogens is 300 g/mol. The van der Waals surface area contributed by atoms with E-state index in [9.17, 15) is 19.5 Å². The zero-order chi connectivity index (χ0) is 17.5. The van der Waals surface area contributed by atoms with Crippen LogP contribution in [0.15, 0.2) is 0 Å². The van der Waals surface area contributed by atoms with E-state index in [0.717, 1.165) is 19.3 Å². The maximum absolute atomic E-state index is 11.4. The van der Waals surface area contributed by atoms with Crippen LogP contribution in [-0.4, -0.2) is 31.1 Å². The quantitative estimate of drug-likeness (QED) is 0.357. The van der Waals surface area contributed by atoms with Gasteiger partial charge in [-0.05, 0) is 51.4 Å². The van der Waals surface area contributed by atoms with Gasteiger partial charge in [0.1, 0.15) is 0 Å². The topological polar surface area (TPSA) is 92.7 Å². The highest BCUT2D eigenvalue weighted by Crippen LogP contribution is 2.06. The SMILES string of the molecule is CCC(C)C(=O)OCCCCCC(=O)OCCCCCC(=O)[O-]. The first kappa shape index (κ1) is 21.4. The van der Waals surface area contributed by atoms with Crippen molar-refractivity contribution in [2.24, 2.45) is 5.92 Å². The number of aliphatic carboxylic acids is 1.